The molecule has 2 aliphatic heterocycles. The van der Waals surface area contributed by atoms with Gasteiger partial charge >= 0.3 is 12.2 Å². The van der Waals surface area contributed by atoms with Crippen LogP contribution in [0.15, 0.2) is 109 Å². The van der Waals surface area contributed by atoms with Gasteiger partial charge in [-0.2, -0.15) is 0 Å². The monoisotopic (exact) mass is 993 g/mol. The second kappa shape index (κ2) is 22.4. The molecular formula is C58H88N4O6Si2. The molecule has 70 heavy (non-hydrogen) atoms. The maximum Gasteiger partial charge on any atom is 0.410 e. The van der Waals surface area contributed by atoms with E-state index in [2.05, 4.69) is 141 Å². The number of anilines is 2. The molecule has 384 valence electrons. The van der Waals surface area contributed by atoms with Crippen LogP contribution >= 0.6 is 0 Å². The Morgan fingerprint density at radius 1 is 0.500 bits per heavy atom. The molecule has 10 nitrogen and oxygen atoms in total. The molecule has 2 heterocycles. The third-order valence-corrected chi connectivity index (χ3v) is 23.5. The van der Waals surface area contributed by atoms with E-state index in [1.54, 1.807) is 0 Å². The van der Waals surface area contributed by atoms with Crippen LogP contribution in [-0.4, -0.2) is 74.0 Å². The van der Waals surface area contributed by atoms with Crippen molar-refractivity contribution < 1.29 is 27.9 Å². The molecule has 0 bridgehead atoms. The third-order valence-electron chi connectivity index (χ3n) is 14.6. The van der Waals surface area contributed by atoms with E-state index in [0.717, 1.165) is 61.0 Å². The van der Waals surface area contributed by atoms with Crippen LogP contribution in [0.3, 0.4) is 0 Å². The van der Waals surface area contributed by atoms with Crippen molar-refractivity contribution in [1.82, 2.24) is 9.80 Å². The minimum Gasteiger partial charge on any atom is -0.444 e. The predicted octanol–water partition coefficient (Wildman–Crippen LogP) is 14.7. The Kier molecular flexibility index (Phi) is 18.0. The summed E-state index contributed by atoms with van der Waals surface area (Å²) in [5.41, 5.74) is 16.7. The normalized spacial score (nSPS) is 20.1. The Labute approximate surface area is 424 Å². The average Bonchev–Trinajstić information content (AvgIpc) is 3.87. The highest BCUT2D eigenvalue weighted by Gasteiger charge is 2.49. The van der Waals surface area contributed by atoms with E-state index in [9.17, 15) is 9.59 Å². The van der Waals surface area contributed by atoms with Gasteiger partial charge in [0.25, 0.3) is 0 Å². The van der Waals surface area contributed by atoms with Gasteiger partial charge in [0.1, 0.15) is 11.2 Å². The standard InChI is InChI=1S/2C29H44N2O3Si/c2*1-28(2,3)33-27(32)31-24(20-21-14-16-23(30)17-15-21)18-19-25(31)26(22-12-10-9-11-13-22)34-35(7,8)29(4,5)6/h2*9-17,24-26H,18-20,30H2,1-8H3/t24-,25+,26+;24-,25-,26-/m01/s1. The molecule has 2 saturated heterocycles. The highest BCUT2D eigenvalue weighted by atomic mass is 28.4. The summed E-state index contributed by atoms with van der Waals surface area (Å²) < 4.78 is 26.0. The fraction of sp³-hybridized carbons (Fsp3) is 0.552. The van der Waals surface area contributed by atoms with Gasteiger partial charge in [-0.3, -0.25) is 9.80 Å². The van der Waals surface area contributed by atoms with Crippen LogP contribution in [-0.2, 0) is 31.2 Å². The van der Waals surface area contributed by atoms with Crippen molar-refractivity contribution in [2.75, 3.05) is 11.5 Å². The Balaban J connectivity index is 0.000000261. The fourth-order valence-corrected chi connectivity index (χ4v) is 11.4. The molecule has 4 aromatic rings. The van der Waals surface area contributed by atoms with Crippen molar-refractivity contribution in [3.8, 4) is 0 Å². The van der Waals surface area contributed by atoms with E-state index in [1.165, 1.54) is 11.1 Å². The summed E-state index contributed by atoms with van der Waals surface area (Å²) in [6.45, 7) is 34.2. The molecule has 2 fully saturated rings. The molecule has 12 heteroatoms. The quantitative estimate of drug-likeness (QED) is 0.106. The minimum absolute atomic E-state index is 0.0349. The lowest BCUT2D eigenvalue weighted by atomic mass is 10.0. The van der Waals surface area contributed by atoms with Gasteiger partial charge < -0.3 is 29.8 Å². The van der Waals surface area contributed by atoms with Gasteiger partial charge in [-0.15, -0.1) is 0 Å². The molecule has 4 aromatic carbocycles. The molecule has 0 saturated carbocycles. The van der Waals surface area contributed by atoms with E-state index >= 15 is 0 Å². The van der Waals surface area contributed by atoms with E-state index in [-0.39, 0.29) is 58.6 Å². The maximum absolute atomic E-state index is 13.7. The van der Waals surface area contributed by atoms with Gasteiger partial charge in [0.15, 0.2) is 16.6 Å². The first-order valence-corrected chi connectivity index (χ1v) is 31.3. The smallest absolute Gasteiger partial charge is 0.410 e. The molecule has 0 spiro atoms. The van der Waals surface area contributed by atoms with Crippen LogP contribution in [0, 0.1) is 0 Å². The lowest BCUT2D eigenvalue weighted by molar-refractivity contribution is -0.00310. The number of nitrogen functional groups attached to an aromatic ring is 2. The number of hydrogen-bond acceptors (Lipinski definition) is 8. The molecule has 4 N–H and O–H groups in total. The number of benzene rings is 4. The molecule has 6 atom stereocenters. The second-order valence-corrected chi connectivity index (χ2v) is 34.2. The number of carbonyl (C=O) groups is 2. The first-order chi connectivity index (χ1) is 32.4. The van der Waals surface area contributed by atoms with Crippen molar-refractivity contribution in [3.63, 3.8) is 0 Å². The number of nitrogens with zero attached hydrogens (tertiary/aromatic N) is 2. The molecule has 6 rings (SSSR count). The number of carbonyl (C=O) groups excluding carboxylic acids is 2. The molecule has 0 aromatic heterocycles. The summed E-state index contributed by atoms with van der Waals surface area (Å²) in [7, 11) is -4.25. The van der Waals surface area contributed by atoms with Crippen molar-refractivity contribution in [1.29, 1.82) is 0 Å². The van der Waals surface area contributed by atoms with Crippen molar-refractivity contribution in [3.05, 3.63) is 131 Å². The van der Waals surface area contributed by atoms with Crippen molar-refractivity contribution >= 4 is 40.2 Å². The number of hydrogen-bond donors (Lipinski definition) is 2. The Morgan fingerprint density at radius 2 is 0.800 bits per heavy atom. The molecule has 2 amide bonds. The van der Waals surface area contributed by atoms with Gasteiger partial charge in [-0.05, 0) is 163 Å². The third kappa shape index (κ3) is 15.2. The highest BCUT2D eigenvalue weighted by Crippen LogP contribution is 2.46. The van der Waals surface area contributed by atoms with Gasteiger partial charge in [-0.25, -0.2) is 9.59 Å². The summed E-state index contributed by atoms with van der Waals surface area (Å²) in [5.74, 6) is 0. The van der Waals surface area contributed by atoms with Crippen LogP contribution in [0.4, 0.5) is 21.0 Å². The van der Waals surface area contributed by atoms with E-state index < -0.39 is 27.8 Å². The fourth-order valence-electron chi connectivity index (χ4n) is 8.88. The number of rotatable bonds is 12. The maximum atomic E-state index is 13.7. The lowest BCUT2D eigenvalue weighted by Crippen LogP contribution is -2.50. The Hall–Kier alpha value is -4.63. The van der Waals surface area contributed by atoms with Gasteiger partial charge in [-0.1, -0.05) is 126 Å². The van der Waals surface area contributed by atoms with Crippen molar-refractivity contribution in [2.45, 2.75) is 205 Å². The van der Waals surface area contributed by atoms with Gasteiger partial charge in [0, 0.05) is 23.5 Å². The Bertz CT molecular complexity index is 2120. The van der Waals surface area contributed by atoms with Gasteiger partial charge in [0.2, 0.25) is 0 Å². The summed E-state index contributed by atoms with van der Waals surface area (Å²) in [5, 5.41) is 0.109. The molecular weight excluding hydrogens is 905 g/mol. The summed E-state index contributed by atoms with van der Waals surface area (Å²) in [4.78, 5) is 31.3. The number of likely N-dealkylation sites (tertiary alicyclic amines) is 2. The summed E-state index contributed by atoms with van der Waals surface area (Å²) >= 11 is 0. The van der Waals surface area contributed by atoms with Crippen molar-refractivity contribution in [2.24, 2.45) is 0 Å². The minimum atomic E-state index is -2.12. The van der Waals surface area contributed by atoms with Crippen LogP contribution in [0.25, 0.3) is 0 Å². The van der Waals surface area contributed by atoms with E-state index in [1.807, 2.05) is 87.7 Å². The largest absolute Gasteiger partial charge is 0.444 e. The SMILES string of the molecule is CC(C)(C)OC(=O)N1[C@@H](Cc2ccc(N)cc2)CC[C@@H]1[C@H](O[Si](C)(C)C(C)(C)C)c1ccccc1.CC(C)(C)OC(=O)N1[C@H](Cc2ccc(N)cc2)CC[C@@H]1[C@H](O[Si](C)(C)C(C)(C)C)c1ccccc1. The zero-order chi connectivity index (χ0) is 52.0. The first-order valence-electron chi connectivity index (χ1n) is 25.5. The van der Waals surface area contributed by atoms with Crippen LogP contribution in [0.1, 0.15) is 143 Å². The topological polar surface area (TPSA) is 130 Å². The average molecular weight is 994 g/mol. The molecule has 0 aliphatic carbocycles. The number of nitrogens with two attached hydrogens (primary N) is 2. The lowest BCUT2D eigenvalue weighted by Gasteiger charge is -2.43. The Morgan fingerprint density at radius 3 is 1.07 bits per heavy atom. The molecule has 0 unspecified atom stereocenters. The van der Waals surface area contributed by atoms with E-state index in [4.69, 9.17) is 29.8 Å². The zero-order valence-corrected chi connectivity index (χ0v) is 47.6. The molecule has 2 aliphatic rings. The predicted molar refractivity (Wildman–Crippen MR) is 294 cm³/mol. The van der Waals surface area contributed by atoms with Crippen LogP contribution in [0.2, 0.25) is 36.3 Å². The van der Waals surface area contributed by atoms with Crippen LogP contribution < -0.4 is 11.5 Å². The number of amides is 2. The summed E-state index contributed by atoms with van der Waals surface area (Å²) in [6.07, 6.45) is 4.12. The van der Waals surface area contributed by atoms with E-state index in [0.29, 0.717) is 0 Å². The van der Waals surface area contributed by atoms with Crippen LogP contribution in [0.5, 0.6) is 0 Å². The zero-order valence-electron chi connectivity index (χ0n) is 45.6. The highest BCUT2D eigenvalue weighted by molar-refractivity contribution is 6.74. The number of ether oxygens (including phenoxy) is 2. The summed E-state index contributed by atoms with van der Waals surface area (Å²) in [6, 6.07) is 36.5. The molecule has 0 radical (unpaired) electrons. The second-order valence-electron chi connectivity index (χ2n) is 24.7. The van der Waals surface area contributed by atoms with Gasteiger partial charge in [0.05, 0.1) is 24.3 Å². The first kappa shape index (κ1) is 56.3.